The van der Waals surface area contributed by atoms with Crippen LogP contribution in [-0.2, 0) is 10.5 Å². The van der Waals surface area contributed by atoms with E-state index < -0.39 is 0 Å². The van der Waals surface area contributed by atoms with Crippen molar-refractivity contribution in [3.63, 3.8) is 0 Å². The fourth-order valence-corrected chi connectivity index (χ4v) is 1.98. The molecule has 0 radical (unpaired) electrons. The standard InChI is InChI=1S/C10H11ClOS2/c1-2-12-10(13)14-7-8-3-5-9(11)6-4-8/h3-6H,2,7H2,1H3. The maximum Gasteiger partial charge on any atom is 0.220 e. The SMILES string of the molecule is CCOC(=S)SCc1ccc(Cl)cc1. The van der Waals surface area contributed by atoms with Crippen molar-refractivity contribution in [3.8, 4) is 0 Å². The smallest absolute Gasteiger partial charge is 0.220 e. The van der Waals surface area contributed by atoms with E-state index in [0.29, 0.717) is 11.0 Å². The summed E-state index contributed by atoms with van der Waals surface area (Å²) in [6.45, 7) is 2.56. The van der Waals surface area contributed by atoms with E-state index >= 15 is 0 Å². The summed E-state index contributed by atoms with van der Waals surface area (Å²) in [4.78, 5) is 0. The normalized spacial score (nSPS) is 9.86. The van der Waals surface area contributed by atoms with Crippen LogP contribution in [-0.4, -0.2) is 11.0 Å². The van der Waals surface area contributed by atoms with Gasteiger partial charge in [-0.1, -0.05) is 35.5 Å². The Morgan fingerprint density at radius 2 is 2.07 bits per heavy atom. The third kappa shape index (κ3) is 4.31. The summed E-state index contributed by atoms with van der Waals surface area (Å²) in [5.41, 5.74) is 1.20. The van der Waals surface area contributed by atoms with Crippen LogP contribution in [0.15, 0.2) is 24.3 Å². The van der Waals surface area contributed by atoms with Crippen LogP contribution in [0.4, 0.5) is 0 Å². The molecule has 1 rings (SSSR count). The predicted octanol–water partition coefficient (Wildman–Crippen LogP) is 3.89. The first-order chi connectivity index (χ1) is 6.72. The Kier molecular flexibility index (Phi) is 5.30. The van der Waals surface area contributed by atoms with Crippen molar-refractivity contribution in [1.82, 2.24) is 0 Å². The van der Waals surface area contributed by atoms with Gasteiger partial charge in [-0.05, 0) is 36.8 Å². The zero-order chi connectivity index (χ0) is 10.4. The molecule has 0 aromatic heterocycles. The molecule has 0 spiro atoms. The number of hydrogen-bond donors (Lipinski definition) is 0. The highest BCUT2D eigenvalue weighted by atomic mass is 35.5. The number of halogens is 1. The van der Waals surface area contributed by atoms with E-state index in [9.17, 15) is 0 Å². The van der Waals surface area contributed by atoms with Gasteiger partial charge in [-0.25, -0.2) is 0 Å². The minimum Gasteiger partial charge on any atom is -0.479 e. The Bertz CT molecular complexity index is 297. The summed E-state index contributed by atoms with van der Waals surface area (Å²) in [6.07, 6.45) is 0. The molecule has 0 aliphatic heterocycles. The molecule has 0 amide bonds. The quantitative estimate of drug-likeness (QED) is 0.749. The monoisotopic (exact) mass is 246 g/mol. The van der Waals surface area contributed by atoms with Gasteiger partial charge in [0.1, 0.15) is 0 Å². The highest BCUT2D eigenvalue weighted by Gasteiger charge is 1.99. The van der Waals surface area contributed by atoms with Gasteiger partial charge in [-0.2, -0.15) is 0 Å². The first-order valence-electron chi connectivity index (χ1n) is 4.26. The van der Waals surface area contributed by atoms with E-state index in [1.54, 1.807) is 0 Å². The predicted molar refractivity (Wildman–Crippen MR) is 67.0 cm³/mol. The number of ether oxygens (including phenoxy) is 1. The first-order valence-corrected chi connectivity index (χ1v) is 6.03. The van der Waals surface area contributed by atoms with Crippen molar-refractivity contribution in [2.45, 2.75) is 12.7 Å². The summed E-state index contributed by atoms with van der Waals surface area (Å²) >= 11 is 12.3. The van der Waals surface area contributed by atoms with Crippen molar-refractivity contribution in [1.29, 1.82) is 0 Å². The maximum absolute atomic E-state index is 5.77. The zero-order valence-corrected chi connectivity index (χ0v) is 10.2. The van der Waals surface area contributed by atoms with Crippen LogP contribution < -0.4 is 0 Å². The largest absolute Gasteiger partial charge is 0.479 e. The Labute approximate surface area is 98.8 Å². The lowest BCUT2D eigenvalue weighted by atomic mass is 10.2. The van der Waals surface area contributed by atoms with Gasteiger partial charge in [-0.3, -0.25) is 0 Å². The molecule has 0 N–H and O–H groups in total. The van der Waals surface area contributed by atoms with Crippen molar-refractivity contribution in [2.24, 2.45) is 0 Å². The van der Waals surface area contributed by atoms with Crippen LogP contribution in [0.1, 0.15) is 12.5 Å². The van der Waals surface area contributed by atoms with Gasteiger partial charge in [0.25, 0.3) is 0 Å². The van der Waals surface area contributed by atoms with Gasteiger partial charge in [0, 0.05) is 10.8 Å². The van der Waals surface area contributed by atoms with E-state index in [4.69, 9.17) is 28.6 Å². The molecule has 0 aliphatic rings. The Morgan fingerprint density at radius 1 is 1.43 bits per heavy atom. The molecule has 76 valence electrons. The van der Waals surface area contributed by atoms with Crippen LogP contribution in [0.25, 0.3) is 0 Å². The van der Waals surface area contributed by atoms with E-state index in [0.717, 1.165) is 10.8 Å². The second-order valence-electron chi connectivity index (χ2n) is 2.60. The molecule has 4 heteroatoms. The lowest BCUT2D eigenvalue weighted by Crippen LogP contribution is -1.96. The van der Waals surface area contributed by atoms with Gasteiger partial charge in [-0.15, -0.1) is 0 Å². The summed E-state index contributed by atoms with van der Waals surface area (Å²) in [5, 5.41) is 0.756. The number of benzene rings is 1. The second-order valence-corrected chi connectivity index (χ2v) is 4.61. The van der Waals surface area contributed by atoms with Crippen molar-refractivity contribution < 1.29 is 4.74 Å². The Balaban J connectivity index is 2.38. The maximum atomic E-state index is 5.77. The molecule has 1 aromatic carbocycles. The van der Waals surface area contributed by atoms with Crippen LogP contribution in [0.3, 0.4) is 0 Å². The number of thiocarbonyl (C=S) groups is 1. The molecule has 1 aromatic rings. The second kappa shape index (κ2) is 6.27. The van der Waals surface area contributed by atoms with Crippen molar-refractivity contribution in [2.75, 3.05) is 6.61 Å². The molecule has 0 heterocycles. The lowest BCUT2D eigenvalue weighted by Gasteiger charge is -2.04. The Hall–Kier alpha value is -0.250. The summed E-state index contributed by atoms with van der Waals surface area (Å²) in [5.74, 6) is 0.829. The summed E-state index contributed by atoms with van der Waals surface area (Å²) in [6, 6.07) is 7.73. The van der Waals surface area contributed by atoms with Crippen LogP contribution in [0.5, 0.6) is 0 Å². The molecule has 14 heavy (non-hydrogen) atoms. The van der Waals surface area contributed by atoms with E-state index in [1.807, 2.05) is 31.2 Å². The summed E-state index contributed by atoms with van der Waals surface area (Å²) in [7, 11) is 0. The van der Waals surface area contributed by atoms with Crippen LogP contribution in [0.2, 0.25) is 5.02 Å². The minimum atomic E-state index is 0.599. The molecule has 0 unspecified atom stereocenters. The highest BCUT2D eigenvalue weighted by Crippen LogP contribution is 2.17. The number of rotatable bonds is 3. The van der Waals surface area contributed by atoms with Crippen LogP contribution >= 0.6 is 35.6 Å². The zero-order valence-electron chi connectivity index (χ0n) is 7.83. The molecule has 0 fully saturated rings. The molecular weight excluding hydrogens is 236 g/mol. The minimum absolute atomic E-state index is 0.599. The number of hydrogen-bond acceptors (Lipinski definition) is 3. The van der Waals surface area contributed by atoms with E-state index in [2.05, 4.69) is 0 Å². The van der Waals surface area contributed by atoms with Gasteiger partial charge in [0.15, 0.2) is 0 Å². The molecule has 0 atom stereocenters. The third-order valence-electron chi connectivity index (χ3n) is 1.53. The van der Waals surface area contributed by atoms with Crippen molar-refractivity contribution in [3.05, 3.63) is 34.9 Å². The average Bonchev–Trinajstić information content (AvgIpc) is 2.17. The van der Waals surface area contributed by atoms with Crippen molar-refractivity contribution >= 4 is 40.0 Å². The molecule has 1 nitrogen and oxygen atoms in total. The lowest BCUT2D eigenvalue weighted by molar-refractivity contribution is 0.346. The van der Waals surface area contributed by atoms with Gasteiger partial charge < -0.3 is 4.74 Å². The fourth-order valence-electron chi connectivity index (χ4n) is 0.882. The molecule has 0 saturated heterocycles. The third-order valence-corrected chi connectivity index (χ3v) is 3.09. The van der Waals surface area contributed by atoms with E-state index in [-0.39, 0.29) is 0 Å². The molecule has 0 saturated carbocycles. The van der Waals surface area contributed by atoms with Gasteiger partial charge in [0.2, 0.25) is 4.38 Å². The Morgan fingerprint density at radius 3 is 2.64 bits per heavy atom. The van der Waals surface area contributed by atoms with Gasteiger partial charge in [0.05, 0.1) is 6.61 Å². The van der Waals surface area contributed by atoms with Crippen LogP contribution in [0, 0.1) is 0 Å². The first kappa shape index (κ1) is 11.8. The van der Waals surface area contributed by atoms with E-state index in [1.165, 1.54) is 17.3 Å². The molecule has 0 bridgehead atoms. The number of thioether (sulfide) groups is 1. The highest BCUT2D eigenvalue weighted by molar-refractivity contribution is 8.22. The fraction of sp³-hybridized carbons (Fsp3) is 0.300. The topological polar surface area (TPSA) is 9.23 Å². The summed E-state index contributed by atoms with van der Waals surface area (Å²) < 4.78 is 5.76. The molecular formula is C10H11ClOS2. The van der Waals surface area contributed by atoms with Gasteiger partial charge >= 0.3 is 0 Å². The molecule has 0 aliphatic carbocycles. The average molecular weight is 247 g/mol.